The third-order valence-corrected chi connectivity index (χ3v) is 2.10. The maximum atomic E-state index is 11.4. The lowest BCUT2D eigenvalue weighted by Gasteiger charge is -2.19. The molecule has 0 fully saturated rings. The Balaban J connectivity index is 2.34. The van der Waals surface area contributed by atoms with Crippen LogP contribution in [0.4, 0.5) is 4.79 Å². The fourth-order valence-electron chi connectivity index (χ4n) is 1.33. The Morgan fingerprint density at radius 1 is 1.45 bits per heavy atom. The number of nitrogens with zero attached hydrogens (tertiary/aromatic N) is 1. The highest BCUT2D eigenvalue weighted by Crippen LogP contribution is 2.06. The average molecular weight is 276 g/mol. The Hall–Kier alpha value is -2.06. The Bertz CT molecular complexity index is 510. The molecule has 5 nitrogen and oxygen atoms in total. The predicted molar refractivity (Wildman–Crippen MR) is 75.9 cm³/mol. The minimum absolute atomic E-state index is 0.101. The zero-order valence-electron chi connectivity index (χ0n) is 12.1. The number of aliphatic hydroxyl groups excluding tert-OH is 1. The minimum atomic E-state index is -0.496. The highest BCUT2D eigenvalue weighted by Gasteiger charge is 2.15. The summed E-state index contributed by atoms with van der Waals surface area (Å²) in [5.74, 6) is 5.78. The molecule has 1 aromatic rings. The molecule has 0 saturated heterocycles. The molecule has 0 bridgehead atoms. The first kappa shape index (κ1) is 16.0. The third kappa shape index (κ3) is 6.76. The van der Waals surface area contributed by atoms with Crippen LogP contribution in [0.5, 0.6) is 0 Å². The first-order valence-corrected chi connectivity index (χ1v) is 6.43. The van der Waals surface area contributed by atoms with Crippen molar-refractivity contribution in [1.82, 2.24) is 10.3 Å². The number of aromatic nitrogens is 1. The smallest absolute Gasteiger partial charge is 0.407 e. The molecule has 2 N–H and O–H groups in total. The molecule has 0 aromatic carbocycles. The van der Waals surface area contributed by atoms with Crippen LogP contribution >= 0.6 is 0 Å². The third-order valence-electron chi connectivity index (χ3n) is 2.10. The van der Waals surface area contributed by atoms with Gasteiger partial charge in [0.1, 0.15) is 11.3 Å². The van der Waals surface area contributed by atoms with Crippen LogP contribution in [0.25, 0.3) is 0 Å². The monoisotopic (exact) mass is 276 g/mol. The van der Waals surface area contributed by atoms with E-state index in [-0.39, 0.29) is 6.61 Å². The van der Waals surface area contributed by atoms with Gasteiger partial charge in [0.05, 0.1) is 12.3 Å². The molecule has 1 heterocycles. The molecule has 1 amide bonds. The molecule has 0 spiro atoms. The molecule has 0 radical (unpaired) electrons. The first-order valence-electron chi connectivity index (χ1n) is 6.43. The molecule has 1 rings (SSSR count). The molecule has 0 unspecified atom stereocenters. The summed E-state index contributed by atoms with van der Waals surface area (Å²) in [6.07, 6.45) is 0.0595. The molecule has 0 aliphatic rings. The molecular weight excluding hydrogens is 256 g/mol. The summed E-state index contributed by atoms with van der Waals surface area (Å²) in [6, 6.07) is 5.30. The highest BCUT2D eigenvalue weighted by molar-refractivity contribution is 5.67. The Labute approximate surface area is 119 Å². The van der Waals surface area contributed by atoms with Crippen LogP contribution in [0, 0.1) is 11.8 Å². The van der Waals surface area contributed by atoms with Gasteiger partial charge >= 0.3 is 6.09 Å². The van der Waals surface area contributed by atoms with Crippen molar-refractivity contribution >= 4 is 6.09 Å². The number of nitrogens with one attached hydrogen (secondary N) is 1. The van der Waals surface area contributed by atoms with E-state index in [0.717, 1.165) is 0 Å². The van der Waals surface area contributed by atoms with Crippen molar-refractivity contribution < 1.29 is 14.6 Å². The molecule has 0 atom stereocenters. The predicted octanol–water partition coefficient (Wildman–Crippen LogP) is 1.84. The van der Waals surface area contributed by atoms with Gasteiger partial charge in [-0.25, -0.2) is 9.78 Å². The molecule has 20 heavy (non-hydrogen) atoms. The number of hydrogen-bond acceptors (Lipinski definition) is 4. The number of carbonyl (C=O) groups is 1. The maximum Gasteiger partial charge on any atom is 0.407 e. The van der Waals surface area contributed by atoms with Gasteiger partial charge in [0, 0.05) is 13.0 Å². The summed E-state index contributed by atoms with van der Waals surface area (Å²) in [5, 5.41) is 11.6. The molecule has 1 aromatic heterocycles. The van der Waals surface area contributed by atoms with Crippen LogP contribution in [0.3, 0.4) is 0 Å². The van der Waals surface area contributed by atoms with Crippen molar-refractivity contribution in [3.05, 3.63) is 29.6 Å². The summed E-state index contributed by atoms with van der Waals surface area (Å²) >= 11 is 0. The second-order valence-electron chi connectivity index (χ2n) is 5.15. The number of hydrogen-bond donors (Lipinski definition) is 2. The molecule has 108 valence electrons. The summed E-state index contributed by atoms with van der Waals surface area (Å²) < 4.78 is 5.09. The summed E-state index contributed by atoms with van der Waals surface area (Å²) in [6.45, 7) is 5.75. The van der Waals surface area contributed by atoms with Crippen LogP contribution in [-0.4, -0.2) is 28.3 Å². The number of pyridine rings is 1. The number of carbonyl (C=O) groups excluding carboxylic acids is 1. The zero-order chi connectivity index (χ0) is 15.0. The van der Waals surface area contributed by atoms with E-state index in [1.165, 1.54) is 0 Å². The van der Waals surface area contributed by atoms with Crippen molar-refractivity contribution in [2.75, 3.05) is 6.54 Å². The largest absolute Gasteiger partial charge is 0.444 e. The lowest BCUT2D eigenvalue weighted by Crippen LogP contribution is -2.32. The lowest BCUT2D eigenvalue weighted by atomic mass is 10.2. The molecule has 5 heteroatoms. The SMILES string of the molecule is CC(C)(C)OC(=O)NCCC#Cc1cccc(CO)n1. The van der Waals surface area contributed by atoms with Crippen molar-refractivity contribution in [2.24, 2.45) is 0 Å². The van der Waals surface area contributed by atoms with Gasteiger partial charge in [-0.05, 0) is 38.8 Å². The van der Waals surface area contributed by atoms with Crippen molar-refractivity contribution in [1.29, 1.82) is 0 Å². The van der Waals surface area contributed by atoms with E-state index in [2.05, 4.69) is 22.1 Å². The van der Waals surface area contributed by atoms with Crippen LogP contribution in [0.2, 0.25) is 0 Å². The normalized spacial score (nSPS) is 10.4. The van der Waals surface area contributed by atoms with Crippen LogP contribution in [0.1, 0.15) is 38.6 Å². The van der Waals surface area contributed by atoms with Gasteiger partial charge in [-0.15, -0.1) is 0 Å². The van der Waals surface area contributed by atoms with Crippen LogP contribution in [-0.2, 0) is 11.3 Å². The second-order valence-corrected chi connectivity index (χ2v) is 5.15. The Kier molecular flexibility index (Phi) is 6.01. The number of aliphatic hydroxyl groups is 1. The van der Waals surface area contributed by atoms with E-state index < -0.39 is 11.7 Å². The summed E-state index contributed by atoms with van der Waals surface area (Å²) in [5.41, 5.74) is 0.697. The summed E-state index contributed by atoms with van der Waals surface area (Å²) in [7, 11) is 0. The lowest BCUT2D eigenvalue weighted by molar-refractivity contribution is 0.0529. The van der Waals surface area contributed by atoms with E-state index >= 15 is 0 Å². The van der Waals surface area contributed by atoms with E-state index in [4.69, 9.17) is 9.84 Å². The van der Waals surface area contributed by atoms with E-state index in [1.54, 1.807) is 18.2 Å². The fraction of sp³-hybridized carbons (Fsp3) is 0.467. The number of ether oxygens (including phenoxy) is 1. The van der Waals surface area contributed by atoms with Gasteiger partial charge in [0.15, 0.2) is 0 Å². The number of rotatable bonds is 3. The number of alkyl carbamates (subject to hydrolysis) is 1. The fourth-order valence-corrected chi connectivity index (χ4v) is 1.33. The van der Waals surface area contributed by atoms with Crippen molar-refractivity contribution in [2.45, 2.75) is 39.4 Å². The van der Waals surface area contributed by atoms with Crippen molar-refractivity contribution in [3.63, 3.8) is 0 Å². The summed E-state index contributed by atoms with van der Waals surface area (Å²) in [4.78, 5) is 15.5. The Morgan fingerprint density at radius 2 is 2.20 bits per heavy atom. The minimum Gasteiger partial charge on any atom is -0.444 e. The van der Waals surface area contributed by atoms with Gasteiger partial charge in [-0.1, -0.05) is 12.0 Å². The molecule has 0 aliphatic heterocycles. The Morgan fingerprint density at radius 3 is 2.85 bits per heavy atom. The first-order chi connectivity index (χ1) is 9.40. The van der Waals surface area contributed by atoms with Gasteiger partial charge in [0.2, 0.25) is 0 Å². The molecule has 0 aliphatic carbocycles. The highest BCUT2D eigenvalue weighted by atomic mass is 16.6. The standard InChI is InChI=1S/C15H20N2O3/c1-15(2,3)20-14(19)16-10-5-4-7-12-8-6-9-13(11-18)17-12/h6,8-9,18H,5,10-11H2,1-3H3,(H,16,19). The van der Waals surface area contributed by atoms with Crippen molar-refractivity contribution in [3.8, 4) is 11.8 Å². The maximum absolute atomic E-state index is 11.4. The van der Waals surface area contributed by atoms with Crippen LogP contribution < -0.4 is 5.32 Å². The quantitative estimate of drug-likeness (QED) is 0.653. The van der Waals surface area contributed by atoms with Gasteiger partial charge in [-0.2, -0.15) is 0 Å². The van der Waals surface area contributed by atoms with Gasteiger partial charge in [-0.3, -0.25) is 0 Å². The van der Waals surface area contributed by atoms with E-state index in [9.17, 15) is 4.79 Å². The number of amides is 1. The van der Waals surface area contributed by atoms with E-state index in [1.807, 2.05) is 20.8 Å². The zero-order valence-corrected chi connectivity index (χ0v) is 12.1. The molecule has 0 saturated carbocycles. The van der Waals surface area contributed by atoms with Crippen LogP contribution in [0.15, 0.2) is 18.2 Å². The van der Waals surface area contributed by atoms with Gasteiger partial charge in [0.25, 0.3) is 0 Å². The van der Waals surface area contributed by atoms with Gasteiger partial charge < -0.3 is 15.2 Å². The average Bonchev–Trinajstić information content (AvgIpc) is 2.36. The molecular formula is C15H20N2O3. The topological polar surface area (TPSA) is 71.5 Å². The second kappa shape index (κ2) is 7.51. The van der Waals surface area contributed by atoms with E-state index in [0.29, 0.717) is 24.4 Å².